The monoisotopic (exact) mass is 255 g/mol. The van der Waals surface area contributed by atoms with Crippen molar-refractivity contribution in [2.45, 2.75) is 6.54 Å². The summed E-state index contributed by atoms with van der Waals surface area (Å²) in [5, 5.41) is 2.99. The zero-order chi connectivity index (χ0) is 12.3. The first kappa shape index (κ1) is 12.3. The molecular weight excluding hydrogens is 238 g/mol. The van der Waals surface area contributed by atoms with E-state index < -0.39 is 9.84 Å². The highest BCUT2D eigenvalue weighted by Crippen LogP contribution is 2.11. The van der Waals surface area contributed by atoms with Gasteiger partial charge >= 0.3 is 0 Å². The van der Waals surface area contributed by atoms with E-state index in [0.29, 0.717) is 13.1 Å². The molecule has 94 valence electrons. The number of aromatic nitrogens is 1. The minimum absolute atomic E-state index is 0.275. The molecule has 0 spiro atoms. The second-order valence-electron chi connectivity index (χ2n) is 4.23. The zero-order valence-corrected chi connectivity index (χ0v) is 10.7. The van der Waals surface area contributed by atoms with E-state index in [2.05, 4.69) is 15.2 Å². The van der Waals surface area contributed by atoms with Gasteiger partial charge in [-0.3, -0.25) is 4.90 Å². The summed E-state index contributed by atoms with van der Waals surface area (Å²) in [4.78, 5) is 6.31. The fraction of sp³-hybridized carbons (Fsp3) is 0.545. The van der Waals surface area contributed by atoms with E-state index in [0.717, 1.165) is 17.9 Å². The average Bonchev–Trinajstić information content (AvgIpc) is 2.32. The summed E-state index contributed by atoms with van der Waals surface area (Å²) in [6, 6.07) is 3.95. The molecule has 17 heavy (non-hydrogen) atoms. The summed E-state index contributed by atoms with van der Waals surface area (Å²) in [6.07, 6.45) is 1.77. The van der Waals surface area contributed by atoms with E-state index in [4.69, 9.17) is 0 Å². The molecule has 0 amide bonds. The Morgan fingerprint density at radius 2 is 2.12 bits per heavy atom. The summed E-state index contributed by atoms with van der Waals surface area (Å²) in [6.45, 7) is 2.03. The van der Waals surface area contributed by atoms with Gasteiger partial charge in [0.2, 0.25) is 0 Å². The summed E-state index contributed by atoms with van der Waals surface area (Å²) < 4.78 is 22.6. The first-order valence-electron chi connectivity index (χ1n) is 5.64. The number of sulfone groups is 1. The second kappa shape index (κ2) is 5.01. The third-order valence-corrected chi connectivity index (χ3v) is 4.53. The molecule has 0 unspecified atom stereocenters. The lowest BCUT2D eigenvalue weighted by Gasteiger charge is -2.26. The highest BCUT2D eigenvalue weighted by Gasteiger charge is 2.21. The number of nitrogens with one attached hydrogen (secondary N) is 1. The third-order valence-electron chi connectivity index (χ3n) is 2.92. The van der Waals surface area contributed by atoms with Crippen LogP contribution in [0.5, 0.6) is 0 Å². The van der Waals surface area contributed by atoms with Crippen LogP contribution in [0.25, 0.3) is 0 Å². The Kier molecular flexibility index (Phi) is 3.63. The Morgan fingerprint density at radius 1 is 1.41 bits per heavy atom. The van der Waals surface area contributed by atoms with Gasteiger partial charge in [0, 0.05) is 32.9 Å². The van der Waals surface area contributed by atoms with Gasteiger partial charge in [0.1, 0.15) is 5.82 Å². The maximum absolute atomic E-state index is 11.3. The van der Waals surface area contributed by atoms with Crippen molar-refractivity contribution in [3.05, 3.63) is 23.9 Å². The molecule has 0 aliphatic carbocycles. The fourth-order valence-corrected chi connectivity index (χ4v) is 3.15. The molecule has 0 saturated carbocycles. The van der Waals surface area contributed by atoms with Crippen LogP contribution < -0.4 is 5.32 Å². The molecule has 5 nitrogen and oxygen atoms in total. The summed E-state index contributed by atoms with van der Waals surface area (Å²) in [7, 11) is -0.954. The minimum Gasteiger partial charge on any atom is -0.373 e. The first-order valence-corrected chi connectivity index (χ1v) is 7.47. The molecule has 0 aromatic carbocycles. The van der Waals surface area contributed by atoms with Gasteiger partial charge in [-0.25, -0.2) is 13.4 Å². The van der Waals surface area contributed by atoms with E-state index >= 15 is 0 Å². The predicted octanol–water partition coefficient (Wildman–Crippen LogP) is 0.354. The number of rotatable bonds is 3. The summed E-state index contributed by atoms with van der Waals surface area (Å²) >= 11 is 0. The maximum atomic E-state index is 11.3. The first-order chi connectivity index (χ1) is 8.09. The lowest BCUT2D eigenvalue weighted by molar-refractivity contribution is 0.287. The van der Waals surface area contributed by atoms with E-state index in [1.807, 2.05) is 19.2 Å². The Morgan fingerprint density at radius 3 is 2.76 bits per heavy atom. The molecule has 1 fully saturated rings. The molecule has 1 saturated heterocycles. The van der Waals surface area contributed by atoms with E-state index in [-0.39, 0.29) is 11.5 Å². The number of hydrogen-bond acceptors (Lipinski definition) is 5. The van der Waals surface area contributed by atoms with Crippen LogP contribution in [0.3, 0.4) is 0 Å². The molecule has 1 aromatic rings. The molecule has 1 aliphatic rings. The number of anilines is 1. The largest absolute Gasteiger partial charge is 0.373 e. The zero-order valence-electron chi connectivity index (χ0n) is 9.89. The van der Waals surface area contributed by atoms with E-state index in [9.17, 15) is 8.42 Å². The Hall–Kier alpha value is -1.14. The van der Waals surface area contributed by atoms with Crippen LogP contribution >= 0.6 is 0 Å². The Bertz CT molecular complexity index is 473. The van der Waals surface area contributed by atoms with Crippen LogP contribution in [0.1, 0.15) is 5.56 Å². The molecule has 6 heteroatoms. The van der Waals surface area contributed by atoms with Crippen molar-refractivity contribution in [1.29, 1.82) is 0 Å². The van der Waals surface area contributed by atoms with Gasteiger partial charge in [-0.2, -0.15) is 0 Å². The van der Waals surface area contributed by atoms with Crippen LogP contribution in [0, 0.1) is 0 Å². The van der Waals surface area contributed by atoms with Crippen molar-refractivity contribution < 1.29 is 8.42 Å². The Balaban J connectivity index is 1.97. The van der Waals surface area contributed by atoms with Crippen molar-refractivity contribution in [1.82, 2.24) is 9.88 Å². The predicted molar refractivity (Wildman–Crippen MR) is 67.7 cm³/mol. The highest BCUT2D eigenvalue weighted by atomic mass is 32.2. The quantitative estimate of drug-likeness (QED) is 0.844. The molecule has 2 rings (SSSR count). The lowest BCUT2D eigenvalue weighted by Crippen LogP contribution is -2.39. The topological polar surface area (TPSA) is 62.3 Å². The lowest BCUT2D eigenvalue weighted by atomic mass is 10.2. The maximum Gasteiger partial charge on any atom is 0.152 e. The van der Waals surface area contributed by atoms with Gasteiger partial charge in [-0.05, 0) is 17.7 Å². The minimum atomic E-state index is -2.79. The molecular formula is C11H17N3O2S. The van der Waals surface area contributed by atoms with Crippen molar-refractivity contribution in [3.8, 4) is 0 Å². The summed E-state index contributed by atoms with van der Waals surface area (Å²) in [5.74, 6) is 1.39. The van der Waals surface area contributed by atoms with Crippen LogP contribution in [0.2, 0.25) is 0 Å². The van der Waals surface area contributed by atoms with Crippen molar-refractivity contribution in [2.75, 3.05) is 37.0 Å². The molecule has 1 N–H and O–H groups in total. The average molecular weight is 255 g/mol. The Labute approximate surface area is 102 Å². The smallest absolute Gasteiger partial charge is 0.152 e. The van der Waals surface area contributed by atoms with Crippen LogP contribution in [0.4, 0.5) is 5.82 Å². The standard InChI is InChI=1S/C11H17N3O2S/c1-12-11-8-10(2-3-13-11)9-14-4-6-17(15,16)7-5-14/h2-3,8H,4-7,9H2,1H3,(H,12,13). The van der Waals surface area contributed by atoms with Crippen LogP contribution in [0.15, 0.2) is 18.3 Å². The molecule has 1 aliphatic heterocycles. The molecule has 0 atom stereocenters. The highest BCUT2D eigenvalue weighted by molar-refractivity contribution is 7.91. The van der Waals surface area contributed by atoms with E-state index in [1.54, 1.807) is 6.20 Å². The molecule has 0 radical (unpaired) electrons. The van der Waals surface area contributed by atoms with Crippen molar-refractivity contribution in [3.63, 3.8) is 0 Å². The van der Waals surface area contributed by atoms with Crippen LogP contribution in [-0.4, -0.2) is 49.9 Å². The summed E-state index contributed by atoms with van der Waals surface area (Å²) in [5.41, 5.74) is 1.16. The van der Waals surface area contributed by atoms with Crippen LogP contribution in [-0.2, 0) is 16.4 Å². The fourth-order valence-electron chi connectivity index (χ4n) is 1.88. The molecule has 2 heterocycles. The third kappa shape index (κ3) is 3.41. The van der Waals surface area contributed by atoms with Gasteiger partial charge in [0.25, 0.3) is 0 Å². The van der Waals surface area contributed by atoms with Gasteiger partial charge in [0.15, 0.2) is 9.84 Å². The van der Waals surface area contributed by atoms with Crippen molar-refractivity contribution >= 4 is 15.7 Å². The van der Waals surface area contributed by atoms with E-state index in [1.165, 1.54) is 0 Å². The number of hydrogen-bond donors (Lipinski definition) is 1. The number of nitrogens with zero attached hydrogens (tertiary/aromatic N) is 2. The van der Waals surface area contributed by atoms with Gasteiger partial charge < -0.3 is 5.32 Å². The van der Waals surface area contributed by atoms with Gasteiger partial charge in [0.05, 0.1) is 11.5 Å². The van der Waals surface area contributed by atoms with Gasteiger partial charge in [-0.15, -0.1) is 0 Å². The second-order valence-corrected chi connectivity index (χ2v) is 6.53. The number of pyridine rings is 1. The molecule has 1 aromatic heterocycles. The molecule has 0 bridgehead atoms. The normalized spacial score (nSPS) is 20.1. The SMILES string of the molecule is CNc1cc(CN2CCS(=O)(=O)CC2)ccn1. The van der Waals surface area contributed by atoms with Crippen molar-refractivity contribution in [2.24, 2.45) is 0 Å². The van der Waals surface area contributed by atoms with Gasteiger partial charge in [-0.1, -0.05) is 0 Å².